The summed E-state index contributed by atoms with van der Waals surface area (Å²) in [6.45, 7) is 4.10. The fourth-order valence-electron chi connectivity index (χ4n) is 2.05. The number of methoxy groups -OCH3 is 1. The fourth-order valence-corrected chi connectivity index (χ4v) is 3.72. The third-order valence-electron chi connectivity index (χ3n) is 3.13. The number of rotatable bonds is 6. The van der Waals surface area contributed by atoms with E-state index in [4.69, 9.17) is 4.74 Å². The van der Waals surface area contributed by atoms with Crippen LogP contribution in [0.3, 0.4) is 0 Å². The van der Waals surface area contributed by atoms with Crippen LogP contribution >= 0.6 is 0 Å². The Balaban J connectivity index is 2.40. The van der Waals surface area contributed by atoms with Crippen molar-refractivity contribution in [2.45, 2.75) is 32.6 Å². The van der Waals surface area contributed by atoms with E-state index in [1.54, 1.807) is 11.4 Å². The summed E-state index contributed by atoms with van der Waals surface area (Å²) in [5, 5.41) is 0. The van der Waals surface area contributed by atoms with Crippen LogP contribution in [0.15, 0.2) is 0 Å². The van der Waals surface area contributed by atoms with Crippen LogP contribution in [-0.2, 0) is 14.8 Å². The highest BCUT2D eigenvalue weighted by molar-refractivity contribution is 7.89. The van der Waals surface area contributed by atoms with Crippen molar-refractivity contribution in [2.24, 2.45) is 5.92 Å². The van der Waals surface area contributed by atoms with E-state index in [-0.39, 0.29) is 0 Å². The summed E-state index contributed by atoms with van der Waals surface area (Å²) < 4.78 is 30.6. The van der Waals surface area contributed by atoms with E-state index in [0.29, 0.717) is 24.8 Å². The molecule has 0 aliphatic carbocycles. The monoisotopic (exact) mass is 249 g/mol. The predicted octanol–water partition coefficient (Wildman–Crippen LogP) is 1.47. The van der Waals surface area contributed by atoms with Gasteiger partial charge in [0, 0.05) is 26.8 Å². The van der Waals surface area contributed by atoms with Gasteiger partial charge in [0.25, 0.3) is 0 Å². The lowest BCUT2D eigenvalue weighted by atomic mass is 9.99. The molecule has 5 heteroatoms. The number of ether oxygens (including phenoxy) is 1. The second-order valence-corrected chi connectivity index (χ2v) is 6.56. The standard InChI is InChI=1S/C11H23NO3S/c1-3-4-9-16(13,14)12-7-5-11(6-8-12)10-15-2/h11H,3-10H2,1-2H3. The minimum absolute atomic E-state index is 0.304. The first-order valence-electron chi connectivity index (χ1n) is 6.07. The van der Waals surface area contributed by atoms with Crippen molar-refractivity contribution in [3.05, 3.63) is 0 Å². The highest BCUT2D eigenvalue weighted by atomic mass is 32.2. The van der Waals surface area contributed by atoms with Gasteiger partial charge in [-0.2, -0.15) is 0 Å². The van der Waals surface area contributed by atoms with Crippen molar-refractivity contribution >= 4 is 10.0 Å². The first-order chi connectivity index (χ1) is 7.60. The minimum Gasteiger partial charge on any atom is -0.384 e. The van der Waals surface area contributed by atoms with E-state index in [1.165, 1.54) is 0 Å². The molecule has 1 rings (SSSR count). The van der Waals surface area contributed by atoms with Crippen molar-refractivity contribution in [3.63, 3.8) is 0 Å². The van der Waals surface area contributed by atoms with E-state index in [2.05, 4.69) is 0 Å². The normalized spacial score (nSPS) is 20.1. The van der Waals surface area contributed by atoms with Crippen molar-refractivity contribution in [1.29, 1.82) is 0 Å². The second kappa shape index (κ2) is 6.57. The average Bonchev–Trinajstić information content (AvgIpc) is 2.28. The molecule has 1 aliphatic heterocycles. The van der Waals surface area contributed by atoms with Gasteiger partial charge in [-0.25, -0.2) is 12.7 Å². The van der Waals surface area contributed by atoms with Crippen LogP contribution in [-0.4, -0.2) is 45.3 Å². The molecule has 0 saturated carbocycles. The number of piperidine rings is 1. The van der Waals surface area contributed by atoms with Crippen LogP contribution in [0, 0.1) is 5.92 Å². The van der Waals surface area contributed by atoms with Crippen LogP contribution in [0.4, 0.5) is 0 Å². The Morgan fingerprint density at radius 2 is 1.94 bits per heavy atom. The molecule has 0 N–H and O–H groups in total. The van der Waals surface area contributed by atoms with Gasteiger partial charge in [-0.3, -0.25) is 0 Å². The summed E-state index contributed by atoms with van der Waals surface area (Å²) in [5.41, 5.74) is 0. The van der Waals surface area contributed by atoms with Gasteiger partial charge in [0.1, 0.15) is 0 Å². The average molecular weight is 249 g/mol. The van der Waals surface area contributed by atoms with Crippen molar-refractivity contribution in [2.75, 3.05) is 32.6 Å². The molecule has 1 saturated heterocycles. The smallest absolute Gasteiger partial charge is 0.214 e. The molecule has 0 amide bonds. The Morgan fingerprint density at radius 1 is 1.31 bits per heavy atom. The molecule has 1 fully saturated rings. The molecule has 1 heterocycles. The Labute approximate surface area is 99.0 Å². The van der Waals surface area contributed by atoms with Crippen LogP contribution in [0.1, 0.15) is 32.6 Å². The summed E-state index contributed by atoms with van der Waals surface area (Å²) in [7, 11) is -1.29. The third kappa shape index (κ3) is 4.03. The topological polar surface area (TPSA) is 46.6 Å². The quantitative estimate of drug-likeness (QED) is 0.716. The van der Waals surface area contributed by atoms with E-state index < -0.39 is 10.0 Å². The molecule has 16 heavy (non-hydrogen) atoms. The van der Waals surface area contributed by atoms with Gasteiger partial charge in [-0.15, -0.1) is 0 Å². The second-order valence-electron chi connectivity index (χ2n) is 4.47. The summed E-state index contributed by atoms with van der Waals surface area (Å²) in [5.74, 6) is 0.834. The van der Waals surface area contributed by atoms with Crippen molar-refractivity contribution in [1.82, 2.24) is 4.31 Å². The molecule has 96 valence electrons. The van der Waals surface area contributed by atoms with Gasteiger partial charge in [0.2, 0.25) is 10.0 Å². The number of unbranched alkanes of at least 4 members (excludes halogenated alkanes) is 1. The molecule has 0 unspecified atom stereocenters. The Morgan fingerprint density at radius 3 is 2.44 bits per heavy atom. The SMILES string of the molecule is CCCCS(=O)(=O)N1CCC(COC)CC1. The highest BCUT2D eigenvalue weighted by Gasteiger charge is 2.27. The largest absolute Gasteiger partial charge is 0.384 e. The number of nitrogens with zero attached hydrogens (tertiary/aromatic N) is 1. The molecule has 0 radical (unpaired) electrons. The predicted molar refractivity (Wildman–Crippen MR) is 64.9 cm³/mol. The van der Waals surface area contributed by atoms with E-state index in [0.717, 1.165) is 32.3 Å². The number of hydrogen-bond donors (Lipinski definition) is 0. The lowest BCUT2D eigenvalue weighted by Crippen LogP contribution is -2.40. The molecule has 0 bridgehead atoms. The summed E-state index contributed by atoms with van der Waals surface area (Å²) >= 11 is 0. The number of hydrogen-bond acceptors (Lipinski definition) is 3. The van der Waals surface area contributed by atoms with Crippen LogP contribution in [0.5, 0.6) is 0 Å². The molecule has 0 aromatic carbocycles. The molecule has 4 nitrogen and oxygen atoms in total. The lowest BCUT2D eigenvalue weighted by molar-refractivity contribution is 0.121. The van der Waals surface area contributed by atoms with Crippen LogP contribution in [0.2, 0.25) is 0 Å². The Kier molecular flexibility index (Phi) is 5.72. The van der Waals surface area contributed by atoms with E-state index >= 15 is 0 Å². The van der Waals surface area contributed by atoms with Crippen molar-refractivity contribution < 1.29 is 13.2 Å². The molecule has 0 aromatic heterocycles. The zero-order valence-electron chi connectivity index (χ0n) is 10.3. The zero-order chi connectivity index (χ0) is 12.0. The lowest BCUT2D eigenvalue weighted by Gasteiger charge is -2.30. The van der Waals surface area contributed by atoms with Gasteiger partial charge < -0.3 is 4.74 Å². The molecule has 0 aromatic rings. The first kappa shape index (κ1) is 13.9. The minimum atomic E-state index is -2.99. The maximum Gasteiger partial charge on any atom is 0.214 e. The highest BCUT2D eigenvalue weighted by Crippen LogP contribution is 2.20. The first-order valence-corrected chi connectivity index (χ1v) is 7.67. The van der Waals surface area contributed by atoms with E-state index in [9.17, 15) is 8.42 Å². The number of sulfonamides is 1. The van der Waals surface area contributed by atoms with Gasteiger partial charge >= 0.3 is 0 Å². The Hall–Kier alpha value is -0.130. The molecule has 0 spiro atoms. The maximum absolute atomic E-state index is 11.9. The third-order valence-corrected chi connectivity index (χ3v) is 5.08. The molecular formula is C11H23NO3S. The van der Waals surface area contributed by atoms with Gasteiger partial charge in [0.15, 0.2) is 0 Å². The van der Waals surface area contributed by atoms with Crippen molar-refractivity contribution in [3.8, 4) is 0 Å². The van der Waals surface area contributed by atoms with Gasteiger partial charge in [-0.1, -0.05) is 13.3 Å². The van der Waals surface area contributed by atoms with Crippen LogP contribution in [0.25, 0.3) is 0 Å². The van der Waals surface area contributed by atoms with E-state index in [1.807, 2.05) is 6.92 Å². The van der Waals surface area contributed by atoms with Gasteiger partial charge in [0.05, 0.1) is 5.75 Å². The summed E-state index contributed by atoms with van der Waals surface area (Å²) in [6, 6.07) is 0. The Bertz CT molecular complexity index is 282. The molecular weight excluding hydrogens is 226 g/mol. The molecule has 0 atom stereocenters. The summed E-state index contributed by atoms with van der Waals surface area (Å²) in [6.07, 6.45) is 3.55. The fraction of sp³-hybridized carbons (Fsp3) is 1.00. The van der Waals surface area contributed by atoms with Gasteiger partial charge in [-0.05, 0) is 25.2 Å². The summed E-state index contributed by atoms with van der Waals surface area (Å²) in [4.78, 5) is 0. The molecule has 1 aliphatic rings. The maximum atomic E-state index is 11.9. The van der Waals surface area contributed by atoms with Crippen LogP contribution < -0.4 is 0 Å². The zero-order valence-corrected chi connectivity index (χ0v) is 11.1.